The molecule has 2 rings (SSSR count). The molecule has 17 heavy (non-hydrogen) atoms. The Bertz CT molecular complexity index is 362. The SMILES string of the molecule is CCCN(C(=O)Cc1ccncc1)C1CNC1. The topological polar surface area (TPSA) is 45.2 Å². The fourth-order valence-electron chi connectivity index (χ4n) is 2.02. The summed E-state index contributed by atoms with van der Waals surface area (Å²) in [4.78, 5) is 18.2. The molecule has 2 heterocycles. The Hall–Kier alpha value is -1.42. The fraction of sp³-hybridized carbons (Fsp3) is 0.538. The number of carbonyl (C=O) groups excluding carboxylic acids is 1. The van der Waals surface area contributed by atoms with E-state index in [0.717, 1.165) is 31.6 Å². The van der Waals surface area contributed by atoms with Crippen LogP contribution in [0, 0.1) is 0 Å². The zero-order valence-corrected chi connectivity index (χ0v) is 10.2. The summed E-state index contributed by atoms with van der Waals surface area (Å²) < 4.78 is 0. The Labute approximate surface area is 102 Å². The number of rotatable bonds is 5. The van der Waals surface area contributed by atoms with Gasteiger partial charge in [-0.15, -0.1) is 0 Å². The first kappa shape index (κ1) is 12.0. The van der Waals surface area contributed by atoms with Crippen molar-refractivity contribution in [3.8, 4) is 0 Å². The van der Waals surface area contributed by atoms with Crippen LogP contribution >= 0.6 is 0 Å². The van der Waals surface area contributed by atoms with Gasteiger partial charge in [-0.05, 0) is 24.1 Å². The molecule has 1 N–H and O–H groups in total. The van der Waals surface area contributed by atoms with Crippen molar-refractivity contribution in [3.05, 3.63) is 30.1 Å². The van der Waals surface area contributed by atoms with Gasteiger partial charge in [0.25, 0.3) is 0 Å². The van der Waals surface area contributed by atoms with E-state index in [1.54, 1.807) is 12.4 Å². The van der Waals surface area contributed by atoms with Crippen LogP contribution in [0.3, 0.4) is 0 Å². The predicted molar refractivity (Wildman–Crippen MR) is 66.6 cm³/mol. The van der Waals surface area contributed by atoms with Crippen molar-refractivity contribution in [3.63, 3.8) is 0 Å². The number of nitrogens with one attached hydrogen (secondary N) is 1. The van der Waals surface area contributed by atoms with Gasteiger partial charge in [0.15, 0.2) is 0 Å². The fourth-order valence-corrected chi connectivity index (χ4v) is 2.02. The maximum Gasteiger partial charge on any atom is 0.227 e. The van der Waals surface area contributed by atoms with E-state index in [9.17, 15) is 4.79 Å². The molecular weight excluding hydrogens is 214 g/mol. The van der Waals surface area contributed by atoms with E-state index < -0.39 is 0 Å². The smallest absolute Gasteiger partial charge is 0.227 e. The lowest BCUT2D eigenvalue weighted by atomic mass is 10.1. The summed E-state index contributed by atoms with van der Waals surface area (Å²) in [6.07, 6.45) is 4.97. The molecule has 4 heteroatoms. The van der Waals surface area contributed by atoms with Gasteiger partial charge < -0.3 is 10.2 Å². The van der Waals surface area contributed by atoms with Gasteiger partial charge in [-0.2, -0.15) is 0 Å². The lowest BCUT2D eigenvalue weighted by molar-refractivity contribution is -0.133. The van der Waals surface area contributed by atoms with E-state index in [1.165, 1.54) is 0 Å². The molecule has 92 valence electrons. The van der Waals surface area contributed by atoms with Crippen molar-refractivity contribution < 1.29 is 4.79 Å². The number of nitrogens with zero attached hydrogens (tertiary/aromatic N) is 2. The van der Waals surface area contributed by atoms with Crippen LogP contribution in [-0.2, 0) is 11.2 Å². The van der Waals surface area contributed by atoms with Gasteiger partial charge in [0.1, 0.15) is 0 Å². The van der Waals surface area contributed by atoms with Crippen molar-refractivity contribution >= 4 is 5.91 Å². The lowest BCUT2D eigenvalue weighted by Gasteiger charge is -2.38. The molecule has 0 atom stereocenters. The number of carbonyl (C=O) groups is 1. The van der Waals surface area contributed by atoms with Crippen LogP contribution in [0.4, 0.5) is 0 Å². The van der Waals surface area contributed by atoms with Crippen molar-refractivity contribution in [2.75, 3.05) is 19.6 Å². The highest BCUT2D eigenvalue weighted by molar-refractivity contribution is 5.79. The van der Waals surface area contributed by atoms with E-state index in [0.29, 0.717) is 12.5 Å². The van der Waals surface area contributed by atoms with Gasteiger partial charge in [-0.1, -0.05) is 6.92 Å². The summed E-state index contributed by atoms with van der Waals surface area (Å²) in [5.41, 5.74) is 1.04. The summed E-state index contributed by atoms with van der Waals surface area (Å²) >= 11 is 0. The van der Waals surface area contributed by atoms with Crippen molar-refractivity contribution in [2.24, 2.45) is 0 Å². The Morgan fingerprint density at radius 1 is 1.47 bits per heavy atom. The Morgan fingerprint density at radius 3 is 2.71 bits per heavy atom. The van der Waals surface area contributed by atoms with Gasteiger partial charge in [0.05, 0.1) is 12.5 Å². The minimum Gasteiger partial charge on any atom is -0.337 e. The molecule has 0 unspecified atom stereocenters. The Kier molecular flexibility index (Phi) is 4.09. The van der Waals surface area contributed by atoms with Crippen LogP contribution in [0.15, 0.2) is 24.5 Å². The molecule has 1 aromatic rings. The van der Waals surface area contributed by atoms with Crippen LogP contribution in [0.2, 0.25) is 0 Å². The highest BCUT2D eigenvalue weighted by atomic mass is 16.2. The van der Waals surface area contributed by atoms with E-state index in [2.05, 4.69) is 17.2 Å². The monoisotopic (exact) mass is 233 g/mol. The molecule has 1 aromatic heterocycles. The summed E-state index contributed by atoms with van der Waals surface area (Å²) in [6, 6.07) is 4.20. The summed E-state index contributed by atoms with van der Waals surface area (Å²) in [5.74, 6) is 0.226. The van der Waals surface area contributed by atoms with Gasteiger partial charge in [0.2, 0.25) is 5.91 Å². The van der Waals surface area contributed by atoms with Gasteiger partial charge in [-0.3, -0.25) is 9.78 Å². The predicted octanol–water partition coefficient (Wildman–Crippen LogP) is 0.834. The second-order valence-electron chi connectivity index (χ2n) is 4.43. The average molecular weight is 233 g/mol. The van der Waals surface area contributed by atoms with Gasteiger partial charge in [-0.25, -0.2) is 0 Å². The first-order chi connectivity index (χ1) is 8.31. The van der Waals surface area contributed by atoms with E-state index in [1.807, 2.05) is 17.0 Å². The molecular formula is C13H19N3O. The third-order valence-electron chi connectivity index (χ3n) is 3.09. The maximum absolute atomic E-state index is 12.2. The number of hydrogen-bond donors (Lipinski definition) is 1. The lowest BCUT2D eigenvalue weighted by Crippen LogP contribution is -2.59. The molecule has 1 saturated heterocycles. The molecule has 1 aliphatic heterocycles. The van der Waals surface area contributed by atoms with Crippen LogP contribution in [0.25, 0.3) is 0 Å². The zero-order chi connectivity index (χ0) is 12.1. The molecule has 0 aromatic carbocycles. The van der Waals surface area contributed by atoms with E-state index in [-0.39, 0.29) is 5.91 Å². The maximum atomic E-state index is 12.2. The van der Waals surface area contributed by atoms with Crippen LogP contribution in [0.1, 0.15) is 18.9 Å². The number of hydrogen-bond acceptors (Lipinski definition) is 3. The molecule has 1 amide bonds. The number of pyridine rings is 1. The molecule has 0 bridgehead atoms. The first-order valence-corrected chi connectivity index (χ1v) is 6.20. The number of aromatic nitrogens is 1. The van der Waals surface area contributed by atoms with Crippen molar-refractivity contribution in [1.82, 2.24) is 15.2 Å². The molecule has 0 saturated carbocycles. The molecule has 1 fully saturated rings. The Balaban J connectivity index is 1.96. The summed E-state index contributed by atoms with van der Waals surface area (Å²) in [6.45, 7) is 4.83. The zero-order valence-electron chi connectivity index (χ0n) is 10.2. The molecule has 0 aliphatic carbocycles. The van der Waals surface area contributed by atoms with Crippen molar-refractivity contribution in [2.45, 2.75) is 25.8 Å². The van der Waals surface area contributed by atoms with Crippen LogP contribution < -0.4 is 5.32 Å². The van der Waals surface area contributed by atoms with Crippen LogP contribution in [0.5, 0.6) is 0 Å². The van der Waals surface area contributed by atoms with Crippen LogP contribution in [-0.4, -0.2) is 41.5 Å². The third-order valence-corrected chi connectivity index (χ3v) is 3.09. The highest BCUT2D eigenvalue weighted by Crippen LogP contribution is 2.09. The molecule has 0 radical (unpaired) electrons. The van der Waals surface area contributed by atoms with Gasteiger partial charge in [0, 0.05) is 32.0 Å². The average Bonchev–Trinajstić information content (AvgIpc) is 2.27. The minimum absolute atomic E-state index is 0.226. The second kappa shape index (κ2) is 5.77. The first-order valence-electron chi connectivity index (χ1n) is 6.20. The summed E-state index contributed by atoms with van der Waals surface area (Å²) in [7, 11) is 0. The quantitative estimate of drug-likeness (QED) is 0.819. The minimum atomic E-state index is 0.226. The Morgan fingerprint density at radius 2 is 2.18 bits per heavy atom. The largest absolute Gasteiger partial charge is 0.337 e. The summed E-state index contributed by atoms with van der Waals surface area (Å²) in [5, 5.41) is 3.21. The third kappa shape index (κ3) is 3.03. The van der Waals surface area contributed by atoms with E-state index >= 15 is 0 Å². The van der Waals surface area contributed by atoms with Crippen molar-refractivity contribution in [1.29, 1.82) is 0 Å². The molecule has 4 nitrogen and oxygen atoms in total. The molecule has 1 aliphatic rings. The highest BCUT2D eigenvalue weighted by Gasteiger charge is 2.27. The second-order valence-corrected chi connectivity index (χ2v) is 4.43. The number of amides is 1. The van der Waals surface area contributed by atoms with E-state index in [4.69, 9.17) is 0 Å². The standard InChI is InChI=1S/C13H19N3O/c1-2-7-16(12-9-15-10-12)13(17)8-11-3-5-14-6-4-11/h3-6,12,15H,2,7-10H2,1H3. The van der Waals surface area contributed by atoms with Gasteiger partial charge >= 0.3 is 0 Å². The normalized spacial score (nSPS) is 15.4. The molecule has 0 spiro atoms.